The molecule has 1 atom stereocenters. The summed E-state index contributed by atoms with van der Waals surface area (Å²) in [7, 11) is 2.03. The van der Waals surface area contributed by atoms with Gasteiger partial charge in [-0.3, -0.25) is 4.79 Å². The number of aryl methyl sites for hydroxylation is 1. The Morgan fingerprint density at radius 2 is 2.00 bits per heavy atom. The molecule has 2 aromatic rings. The van der Waals surface area contributed by atoms with Crippen molar-refractivity contribution in [1.29, 1.82) is 0 Å². The number of nitrogens with zero attached hydrogens (tertiary/aromatic N) is 4. The van der Waals surface area contributed by atoms with E-state index in [-0.39, 0.29) is 16.4 Å². The number of para-hydroxylation sites is 1. The van der Waals surface area contributed by atoms with Crippen molar-refractivity contribution < 1.29 is 4.79 Å². The van der Waals surface area contributed by atoms with Gasteiger partial charge in [-0.15, -0.1) is 10.2 Å². The van der Waals surface area contributed by atoms with E-state index in [4.69, 9.17) is 0 Å². The van der Waals surface area contributed by atoms with Gasteiger partial charge in [0.15, 0.2) is 10.9 Å². The number of anilines is 1. The number of likely N-dealkylation sites (N-methyl/N-ethyl adjacent to an activating group) is 1. The van der Waals surface area contributed by atoms with Gasteiger partial charge in [-0.1, -0.05) is 43.8 Å². The topological polar surface area (TPSA) is 51.0 Å². The zero-order valence-electron chi connectivity index (χ0n) is 16.3. The summed E-state index contributed by atoms with van der Waals surface area (Å²) in [6.07, 6.45) is 1.80. The van der Waals surface area contributed by atoms with Crippen LogP contribution in [0.5, 0.6) is 0 Å². The number of allylic oxidation sites excluding steroid dienone is 2. The molecule has 0 saturated carbocycles. The van der Waals surface area contributed by atoms with Crippen molar-refractivity contribution >= 4 is 23.2 Å². The minimum absolute atomic E-state index is 0.0982. The first kappa shape index (κ1) is 18.7. The number of thioether (sulfide) groups is 1. The lowest BCUT2D eigenvalue weighted by Gasteiger charge is -2.24. The Bertz CT molecular complexity index is 868. The summed E-state index contributed by atoms with van der Waals surface area (Å²) in [5, 5.41) is 8.91. The molecule has 0 bridgehead atoms. The van der Waals surface area contributed by atoms with Gasteiger partial charge in [0.25, 0.3) is 0 Å². The molecule has 26 heavy (non-hydrogen) atoms. The molecule has 2 heterocycles. The number of aromatic nitrogens is 3. The molecule has 0 amide bonds. The second kappa shape index (κ2) is 6.91. The van der Waals surface area contributed by atoms with Crippen LogP contribution in [-0.2, 0) is 16.8 Å². The van der Waals surface area contributed by atoms with E-state index >= 15 is 0 Å². The first-order valence-electron chi connectivity index (χ1n) is 8.93. The molecular weight excluding hydrogens is 344 g/mol. The number of benzene rings is 1. The van der Waals surface area contributed by atoms with Crippen LogP contribution in [0.2, 0.25) is 0 Å². The molecule has 0 radical (unpaired) electrons. The summed E-state index contributed by atoms with van der Waals surface area (Å²) in [4.78, 5) is 15.0. The molecule has 1 aromatic heterocycles. The lowest BCUT2D eigenvalue weighted by Crippen LogP contribution is -2.25. The Balaban J connectivity index is 1.84. The van der Waals surface area contributed by atoms with Crippen LogP contribution >= 0.6 is 11.8 Å². The van der Waals surface area contributed by atoms with Gasteiger partial charge in [-0.2, -0.15) is 0 Å². The van der Waals surface area contributed by atoms with Gasteiger partial charge < -0.3 is 9.47 Å². The summed E-state index contributed by atoms with van der Waals surface area (Å²) in [5.41, 5.74) is 3.26. The zero-order valence-corrected chi connectivity index (χ0v) is 17.1. The van der Waals surface area contributed by atoms with Crippen LogP contribution in [0.4, 0.5) is 5.69 Å². The molecule has 0 N–H and O–H groups in total. The Labute approximate surface area is 159 Å². The average Bonchev–Trinajstić information content (AvgIpc) is 3.05. The van der Waals surface area contributed by atoms with Crippen LogP contribution in [0.15, 0.2) is 41.2 Å². The second-order valence-electron chi connectivity index (χ2n) is 7.17. The highest BCUT2D eigenvalue weighted by atomic mass is 32.2. The molecule has 6 heteroatoms. The van der Waals surface area contributed by atoms with Crippen LogP contribution in [0, 0.1) is 6.92 Å². The van der Waals surface area contributed by atoms with Crippen molar-refractivity contribution in [3.63, 3.8) is 0 Å². The molecule has 1 unspecified atom stereocenters. The van der Waals surface area contributed by atoms with Gasteiger partial charge in [0.2, 0.25) is 0 Å². The summed E-state index contributed by atoms with van der Waals surface area (Å²) < 4.78 is 2.03. The second-order valence-corrected chi connectivity index (χ2v) is 8.48. The summed E-state index contributed by atoms with van der Waals surface area (Å²) in [6, 6.07) is 8.33. The highest BCUT2D eigenvalue weighted by Crippen LogP contribution is 2.46. The molecule has 3 rings (SSSR count). The Morgan fingerprint density at radius 3 is 2.65 bits per heavy atom. The third-order valence-corrected chi connectivity index (χ3v) is 6.22. The third kappa shape index (κ3) is 3.07. The fourth-order valence-electron chi connectivity index (χ4n) is 3.54. The maximum Gasteiger partial charge on any atom is 0.191 e. The Hall–Kier alpha value is -2.08. The molecule has 0 saturated heterocycles. The van der Waals surface area contributed by atoms with E-state index in [1.807, 2.05) is 31.5 Å². The molecular formula is C20H26N4OS. The first-order chi connectivity index (χ1) is 12.3. The van der Waals surface area contributed by atoms with Crippen molar-refractivity contribution in [2.45, 2.75) is 57.0 Å². The van der Waals surface area contributed by atoms with Gasteiger partial charge in [0.05, 0.1) is 5.25 Å². The lowest BCUT2D eigenvalue weighted by molar-refractivity contribution is -0.114. The number of fused-ring (bicyclic) bond motifs is 1. The van der Waals surface area contributed by atoms with E-state index in [0.717, 1.165) is 23.2 Å². The van der Waals surface area contributed by atoms with Gasteiger partial charge in [-0.25, -0.2) is 0 Å². The minimum atomic E-state index is -0.218. The number of carbonyl (C=O) groups excluding carboxylic acids is 1. The molecule has 0 spiro atoms. The first-order valence-corrected chi connectivity index (χ1v) is 9.81. The monoisotopic (exact) mass is 370 g/mol. The smallest absolute Gasteiger partial charge is 0.191 e. The fourth-order valence-corrected chi connectivity index (χ4v) is 4.52. The van der Waals surface area contributed by atoms with Crippen LogP contribution in [-0.4, -0.2) is 32.8 Å². The Morgan fingerprint density at radius 1 is 1.31 bits per heavy atom. The molecule has 5 nitrogen and oxygen atoms in total. The number of ketones is 1. The number of hydrogen-bond acceptors (Lipinski definition) is 5. The SMILES string of the molecule is CCn1c(C)nnc1SC(C)C(=O)/C=C1/N(C)c2ccccc2C1(C)C. The number of carbonyl (C=O) groups is 1. The van der Waals surface area contributed by atoms with Crippen molar-refractivity contribution in [2.75, 3.05) is 11.9 Å². The van der Waals surface area contributed by atoms with E-state index in [9.17, 15) is 4.79 Å². The number of hydrogen-bond donors (Lipinski definition) is 0. The van der Waals surface area contributed by atoms with Gasteiger partial charge in [0, 0.05) is 36.5 Å². The van der Waals surface area contributed by atoms with E-state index in [0.29, 0.717) is 0 Å². The van der Waals surface area contributed by atoms with Gasteiger partial charge >= 0.3 is 0 Å². The van der Waals surface area contributed by atoms with Crippen LogP contribution in [0.1, 0.15) is 39.1 Å². The molecule has 1 aliphatic heterocycles. The maximum atomic E-state index is 12.9. The van der Waals surface area contributed by atoms with E-state index in [2.05, 4.69) is 54.1 Å². The van der Waals surface area contributed by atoms with Crippen LogP contribution in [0.3, 0.4) is 0 Å². The summed E-state index contributed by atoms with van der Waals surface area (Å²) >= 11 is 1.47. The van der Waals surface area contributed by atoms with Crippen molar-refractivity contribution in [3.05, 3.63) is 47.4 Å². The van der Waals surface area contributed by atoms with Crippen LogP contribution in [0.25, 0.3) is 0 Å². The molecule has 0 aliphatic carbocycles. The van der Waals surface area contributed by atoms with E-state index in [1.165, 1.54) is 23.0 Å². The standard InChI is InChI=1S/C20H26N4OS/c1-7-24-14(3)21-22-19(24)26-13(2)17(25)12-18-20(4,5)15-10-8-9-11-16(15)23(18)6/h8-13H,7H2,1-6H3/b18-12+. The average molecular weight is 371 g/mol. The van der Waals surface area contributed by atoms with Crippen molar-refractivity contribution in [2.24, 2.45) is 0 Å². The van der Waals surface area contributed by atoms with Gasteiger partial charge in [-0.05, 0) is 32.4 Å². The number of rotatable bonds is 5. The Kier molecular flexibility index (Phi) is 4.97. The molecule has 1 aliphatic rings. The van der Waals surface area contributed by atoms with Crippen molar-refractivity contribution in [1.82, 2.24) is 14.8 Å². The van der Waals surface area contributed by atoms with Gasteiger partial charge in [0.1, 0.15) is 5.82 Å². The molecule has 138 valence electrons. The van der Waals surface area contributed by atoms with E-state index in [1.54, 1.807) is 6.08 Å². The highest BCUT2D eigenvalue weighted by molar-refractivity contribution is 8.00. The van der Waals surface area contributed by atoms with Crippen molar-refractivity contribution in [3.8, 4) is 0 Å². The molecule has 0 fully saturated rings. The normalized spacial score (nSPS) is 18.2. The predicted octanol–water partition coefficient (Wildman–Crippen LogP) is 3.97. The largest absolute Gasteiger partial charge is 0.347 e. The zero-order chi connectivity index (χ0) is 19.1. The summed E-state index contributed by atoms with van der Waals surface area (Å²) in [5.74, 6) is 0.973. The lowest BCUT2D eigenvalue weighted by atomic mass is 9.83. The quantitative estimate of drug-likeness (QED) is 0.589. The maximum absolute atomic E-state index is 12.9. The highest BCUT2D eigenvalue weighted by Gasteiger charge is 2.38. The third-order valence-electron chi connectivity index (χ3n) is 5.12. The van der Waals surface area contributed by atoms with Crippen LogP contribution < -0.4 is 4.90 Å². The van der Waals surface area contributed by atoms with E-state index < -0.39 is 0 Å². The molecule has 1 aromatic carbocycles. The minimum Gasteiger partial charge on any atom is -0.347 e. The fraction of sp³-hybridized carbons (Fsp3) is 0.450. The predicted molar refractivity (Wildman–Crippen MR) is 107 cm³/mol. The summed E-state index contributed by atoms with van der Waals surface area (Å²) in [6.45, 7) is 11.1.